The van der Waals surface area contributed by atoms with Gasteiger partial charge in [0, 0.05) is 18.7 Å². The number of methoxy groups -OCH3 is 1. The number of carbonyl (C=O) groups excluding carboxylic acids is 1. The third kappa shape index (κ3) is 2.95. The minimum atomic E-state index is -0.284. The SMILES string of the molecule is COc1cccc(/C=C2/SC(N3CCOCC3)=NC2=O)c1O. The van der Waals surface area contributed by atoms with E-state index in [1.54, 1.807) is 24.3 Å². The first-order valence-corrected chi connectivity index (χ1v) is 7.72. The molecule has 0 aliphatic carbocycles. The zero-order valence-electron chi connectivity index (χ0n) is 12.1. The van der Waals surface area contributed by atoms with Crippen molar-refractivity contribution in [2.75, 3.05) is 33.4 Å². The van der Waals surface area contributed by atoms with Crippen molar-refractivity contribution < 1.29 is 19.4 Å². The van der Waals surface area contributed by atoms with Crippen LogP contribution in [0, 0.1) is 0 Å². The van der Waals surface area contributed by atoms with Gasteiger partial charge in [0.05, 0.1) is 25.2 Å². The van der Waals surface area contributed by atoms with Crippen molar-refractivity contribution in [3.8, 4) is 11.5 Å². The normalized spacial score (nSPS) is 20.4. The smallest absolute Gasteiger partial charge is 0.286 e. The maximum atomic E-state index is 12.1. The molecule has 2 aliphatic rings. The molecule has 0 radical (unpaired) electrons. The van der Waals surface area contributed by atoms with Gasteiger partial charge in [-0.1, -0.05) is 12.1 Å². The van der Waals surface area contributed by atoms with Crippen molar-refractivity contribution in [2.24, 2.45) is 4.99 Å². The minimum absolute atomic E-state index is 0.0192. The van der Waals surface area contributed by atoms with Crippen LogP contribution in [0.5, 0.6) is 11.5 Å². The van der Waals surface area contributed by atoms with E-state index in [1.165, 1.54) is 18.9 Å². The average Bonchev–Trinajstić information content (AvgIpc) is 2.91. The second-order valence-corrected chi connectivity index (χ2v) is 5.82. The summed E-state index contributed by atoms with van der Waals surface area (Å²) in [4.78, 5) is 18.7. The molecule has 1 aromatic carbocycles. The van der Waals surface area contributed by atoms with Crippen LogP contribution < -0.4 is 4.74 Å². The summed E-state index contributed by atoms with van der Waals surface area (Å²) in [5.74, 6) is 0.110. The summed E-state index contributed by atoms with van der Waals surface area (Å²) < 4.78 is 10.4. The first kappa shape index (κ1) is 14.9. The molecular weight excluding hydrogens is 304 g/mol. The third-order valence-corrected chi connectivity index (χ3v) is 4.47. The lowest BCUT2D eigenvalue weighted by molar-refractivity contribution is -0.113. The molecule has 7 heteroatoms. The number of morpholine rings is 1. The Morgan fingerprint density at radius 1 is 1.41 bits per heavy atom. The molecule has 3 rings (SSSR count). The van der Waals surface area contributed by atoms with Gasteiger partial charge in [-0.15, -0.1) is 0 Å². The van der Waals surface area contributed by atoms with Crippen LogP contribution in [0.1, 0.15) is 5.56 Å². The van der Waals surface area contributed by atoms with E-state index < -0.39 is 0 Å². The molecule has 1 N–H and O–H groups in total. The van der Waals surface area contributed by atoms with Gasteiger partial charge >= 0.3 is 0 Å². The van der Waals surface area contributed by atoms with E-state index in [0.717, 1.165) is 13.1 Å². The number of para-hydroxylation sites is 1. The number of benzene rings is 1. The highest BCUT2D eigenvalue weighted by Crippen LogP contribution is 2.35. The first-order chi connectivity index (χ1) is 10.7. The van der Waals surface area contributed by atoms with Gasteiger partial charge in [-0.25, -0.2) is 0 Å². The van der Waals surface area contributed by atoms with Crippen molar-refractivity contribution in [1.82, 2.24) is 4.90 Å². The van der Waals surface area contributed by atoms with Crippen LogP contribution >= 0.6 is 11.8 Å². The molecule has 2 aliphatic heterocycles. The Kier molecular flexibility index (Phi) is 4.35. The molecule has 116 valence electrons. The fourth-order valence-electron chi connectivity index (χ4n) is 2.25. The fourth-order valence-corrected chi connectivity index (χ4v) is 3.21. The Hall–Kier alpha value is -1.99. The maximum Gasteiger partial charge on any atom is 0.286 e. The molecule has 1 amide bonds. The zero-order chi connectivity index (χ0) is 15.5. The number of phenolic OH excluding ortho intramolecular Hbond substituents is 1. The molecule has 1 saturated heterocycles. The molecule has 0 atom stereocenters. The number of aromatic hydroxyl groups is 1. The lowest BCUT2D eigenvalue weighted by Crippen LogP contribution is -2.38. The Labute approximate surface area is 132 Å². The van der Waals surface area contributed by atoms with Gasteiger partial charge in [0.25, 0.3) is 5.91 Å². The number of hydrogen-bond acceptors (Lipinski definition) is 6. The van der Waals surface area contributed by atoms with E-state index in [9.17, 15) is 9.90 Å². The number of nitrogens with zero attached hydrogens (tertiary/aromatic N) is 2. The van der Waals surface area contributed by atoms with Gasteiger partial charge in [0.2, 0.25) is 0 Å². The molecule has 0 spiro atoms. The summed E-state index contributed by atoms with van der Waals surface area (Å²) >= 11 is 1.32. The van der Waals surface area contributed by atoms with Crippen LogP contribution in [0.4, 0.5) is 0 Å². The number of thioether (sulfide) groups is 1. The van der Waals surface area contributed by atoms with Gasteiger partial charge in [-0.05, 0) is 23.9 Å². The van der Waals surface area contributed by atoms with Crippen LogP contribution in [0.25, 0.3) is 6.08 Å². The molecule has 0 bridgehead atoms. The summed E-state index contributed by atoms with van der Waals surface area (Å²) in [5, 5.41) is 10.8. The van der Waals surface area contributed by atoms with E-state index in [4.69, 9.17) is 9.47 Å². The number of amides is 1. The third-order valence-electron chi connectivity index (χ3n) is 3.43. The van der Waals surface area contributed by atoms with Crippen molar-refractivity contribution in [3.05, 3.63) is 28.7 Å². The van der Waals surface area contributed by atoms with E-state index >= 15 is 0 Å². The molecule has 1 fully saturated rings. The Morgan fingerprint density at radius 2 is 2.18 bits per heavy atom. The van der Waals surface area contributed by atoms with E-state index in [0.29, 0.717) is 34.6 Å². The number of aliphatic imine (C=N–C) groups is 1. The second kappa shape index (κ2) is 6.41. The number of carbonyl (C=O) groups is 1. The molecule has 0 unspecified atom stereocenters. The van der Waals surface area contributed by atoms with Gasteiger partial charge < -0.3 is 19.5 Å². The van der Waals surface area contributed by atoms with Crippen molar-refractivity contribution >= 4 is 28.9 Å². The lowest BCUT2D eigenvalue weighted by atomic mass is 10.1. The van der Waals surface area contributed by atoms with Crippen molar-refractivity contribution in [2.45, 2.75) is 0 Å². The molecular formula is C15H16N2O4S. The number of rotatable bonds is 2. The van der Waals surface area contributed by atoms with E-state index in [2.05, 4.69) is 4.99 Å². The fraction of sp³-hybridized carbons (Fsp3) is 0.333. The molecule has 1 aromatic rings. The summed E-state index contributed by atoms with van der Waals surface area (Å²) in [7, 11) is 1.49. The van der Waals surface area contributed by atoms with Crippen LogP contribution in [0.15, 0.2) is 28.1 Å². The van der Waals surface area contributed by atoms with Crippen molar-refractivity contribution in [3.63, 3.8) is 0 Å². The quantitative estimate of drug-likeness (QED) is 0.837. The van der Waals surface area contributed by atoms with Gasteiger partial charge in [0.15, 0.2) is 16.7 Å². The first-order valence-electron chi connectivity index (χ1n) is 6.90. The maximum absolute atomic E-state index is 12.1. The Bertz CT molecular complexity index is 651. The molecule has 0 aromatic heterocycles. The van der Waals surface area contributed by atoms with Crippen molar-refractivity contribution in [1.29, 1.82) is 0 Å². The predicted octanol–water partition coefficient (Wildman–Crippen LogP) is 1.70. The highest BCUT2D eigenvalue weighted by atomic mass is 32.2. The van der Waals surface area contributed by atoms with Crippen LogP contribution in [-0.2, 0) is 9.53 Å². The largest absolute Gasteiger partial charge is 0.504 e. The summed E-state index contributed by atoms with van der Waals surface area (Å²) in [6, 6.07) is 5.15. The number of amidine groups is 1. The zero-order valence-corrected chi connectivity index (χ0v) is 12.9. The molecule has 6 nitrogen and oxygen atoms in total. The van der Waals surface area contributed by atoms with Crippen LogP contribution in [0.2, 0.25) is 0 Å². The highest BCUT2D eigenvalue weighted by Gasteiger charge is 2.27. The minimum Gasteiger partial charge on any atom is -0.504 e. The van der Waals surface area contributed by atoms with E-state index in [1.807, 2.05) is 4.90 Å². The predicted molar refractivity (Wildman–Crippen MR) is 85.1 cm³/mol. The summed E-state index contributed by atoms with van der Waals surface area (Å²) in [6.45, 7) is 2.75. The van der Waals surface area contributed by atoms with E-state index in [-0.39, 0.29) is 11.7 Å². The molecule has 0 saturated carbocycles. The monoisotopic (exact) mass is 320 g/mol. The van der Waals surface area contributed by atoms with Gasteiger partial charge in [-0.3, -0.25) is 4.79 Å². The highest BCUT2D eigenvalue weighted by molar-refractivity contribution is 8.18. The number of phenols is 1. The number of ether oxygens (including phenoxy) is 2. The summed E-state index contributed by atoms with van der Waals surface area (Å²) in [6.07, 6.45) is 1.64. The van der Waals surface area contributed by atoms with Gasteiger partial charge in [0.1, 0.15) is 0 Å². The Morgan fingerprint density at radius 3 is 2.91 bits per heavy atom. The standard InChI is InChI=1S/C15H16N2O4S/c1-20-11-4-2-3-10(13(11)18)9-12-14(19)16-15(22-12)17-5-7-21-8-6-17/h2-4,9,18H,5-8H2,1H3/b12-9+. The Balaban J connectivity index is 1.81. The molecule has 22 heavy (non-hydrogen) atoms. The second-order valence-electron chi connectivity index (χ2n) is 4.81. The average molecular weight is 320 g/mol. The van der Waals surface area contributed by atoms with Crippen LogP contribution in [0.3, 0.4) is 0 Å². The summed E-state index contributed by atoms with van der Waals surface area (Å²) in [5.41, 5.74) is 0.536. The number of hydrogen-bond donors (Lipinski definition) is 1. The van der Waals surface area contributed by atoms with Crippen LogP contribution in [-0.4, -0.2) is 54.5 Å². The lowest BCUT2D eigenvalue weighted by Gasteiger charge is -2.27. The molecule has 2 heterocycles. The van der Waals surface area contributed by atoms with Gasteiger partial charge in [-0.2, -0.15) is 4.99 Å². The topological polar surface area (TPSA) is 71.4 Å².